The number of anilines is 1. The third kappa shape index (κ3) is 4.62. The van der Waals surface area contributed by atoms with Gasteiger partial charge in [-0.1, -0.05) is 26.0 Å². The number of benzene rings is 1. The minimum atomic E-state index is -0.681. The molecule has 0 saturated carbocycles. The van der Waals surface area contributed by atoms with E-state index < -0.39 is 18.0 Å². The first-order valence-electron chi connectivity index (χ1n) is 6.19. The quantitative estimate of drug-likeness (QED) is 0.821. The van der Waals surface area contributed by atoms with Gasteiger partial charge in [-0.05, 0) is 30.5 Å². The molecule has 0 saturated heterocycles. The molecule has 104 valence electrons. The Kier molecular flexibility index (Phi) is 5.36. The highest BCUT2D eigenvalue weighted by molar-refractivity contribution is 5.92. The molecule has 1 aromatic carbocycles. The molecule has 0 bridgehead atoms. The lowest BCUT2D eigenvalue weighted by Crippen LogP contribution is -2.41. The summed E-state index contributed by atoms with van der Waals surface area (Å²) in [4.78, 5) is 22.8. The van der Waals surface area contributed by atoms with Crippen molar-refractivity contribution in [3.8, 4) is 0 Å². The van der Waals surface area contributed by atoms with E-state index in [4.69, 9.17) is 0 Å². The van der Waals surface area contributed by atoms with Crippen LogP contribution in [0.4, 0.5) is 10.5 Å². The number of carbonyl (C=O) groups excluding carboxylic acids is 2. The van der Waals surface area contributed by atoms with Crippen LogP contribution in [0, 0.1) is 0 Å². The average Bonchev–Trinajstić information content (AvgIpc) is 2.38. The Morgan fingerprint density at radius 3 is 2.16 bits per heavy atom. The number of rotatable bonds is 4. The highest BCUT2D eigenvalue weighted by atomic mass is 16.5. The normalized spacial score (nSPS) is 11.8. The molecule has 1 unspecified atom stereocenters. The molecule has 1 atom stereocenters. The van der Waals surface area contributed by atoms with Crippen LogP contribution in [0.15, 0.2) is 24.3 Å². The second kappa shape index (κ2) is 6.78. The minimum Gasteiger partial charge on any atom is -0.467 e. The summed E-state index contributed by atoms with van der Waals surface area (Å²) in [5.74, 6) is -0.0347. The second-order valence-corrected chi connectivity index (χ2v) is 4.62. The summed E-state index contributed by atoms with van der Waals surface area (Å²) in [6.45, 7) is 5.77. The minimum absolute atomic E-state index is 0.435. The van der Waals surface area contributed by atoms with E-state index in [1.54, 1.807) is 6.92 Å². The number of ether oxygens (including phenoxy) is 1. The van der Waals surface area contributed by atoms with Gasteiger partial charge in [-0.15, -0.1) is 0 Å². The largest absolute Gasteiger partial charge is 0.467 e. The Bertz CT molecular complexity index is 441. The monoisotopic (exact) mass is 264 g/mol. The highest BCUT2D eigenvalue weighted by Crippen LogP contribution is 2.16. The summed E-state index contributed by atoms with van der Waals surface area (Å²) in [6, 6.07) is 6.47. The summed E-state index contributed by atoms with van der Waals surface area (Å²) in [6.07, 6.45) is 0. The van der Waals surface area contributed by atoms with E-state index in [0.29, 0.717) is 11.6 Å². The van der Waals surface area contributed by atoms with Gasteiger partial charge in [0.25, 0.3) is 0 Å². The fourth-order valence-corrected chi connectivity index (χ4v) is 1.55. The number of hydrogen-bond donors (Lipinski definition) is 2. The molecule has 1 rings (SSSR count). The van der Waals surface area contributed by atoms with Crippen molar-refractivity contribution < 1.29 is 14.3 Å². The van der Waals surface area contributed by atoms with Crippen molar-refractivity contribution in [2.24, 2.45) is 0 Å². The van der Waals surface area contributed by atoms with Crippen molar-refractivity contribution >= 4 is 17.7 Å². The Morgan fingerprint density at radius 2 is 1.68 bits per heavy atom. The van der Waals surface area contributed by atoms with Gasteiger partial charge in [-0.25, -0.2) is 9.59 Å². The third-order valence-corrected chi connectivity index (χ3v) is 2.74. The molecule has 2 amide bonds. The molecular formula is C14H20N2O3. The van der Waals surface area contributed by atoms with Gasteiger partial charge in [-0.2, -0.15) is 0 Å². The molecule has 0 aliphatic heterocycles. The number of amides is 2. The fourth-order valence-electron chi connectivity index (χ4n) is 1.55. The van der Waals surface area contributed by atoms with Gasteiger partial charge in [0.05, 0.1) is 7.11 Å². The maximum atomic E-state index is 11.6. The molecule has 0 aliphatic carbocycles. The van der Waals surface area contributed by atoms with Gasteiger partial charge < -0.3 is 15.4 Å². The summed E-state index contributed by atoms with van der Waals surface area (Å²) >= 11 is 0. The van der Waals surface area contributed by atoms with Crippen molar-refractivity contribution in [1.82, 2.24) is 5.32 Å². The summed E-state index contributed by atoms with van der Waals surface area (Å²) in [5.41, 5.74) is 1.88. The van der Waals surface area contributed by atoms with Gasteiger partial charge in [0.1, 0.15) is 6.04 Å². The SMILES string of the molecule is COC(=O)C(C)NC(=O)Nc1ccc(C(C)C)cc1. The molecule has 0 aromatic heterocycles. The fraction of sp³-hybridized carbons (Fsp3) is 0.429. The standard InChI is InChI=1S/C14H20N2O3/c1-9(2)11-5-7-12(8-6-11)16-14(18)15-10(3)13(17)19-4/h5-10H,1-4H3,(H2,15,16,18). The first-order chi connectivity index (χ1) is 8.93. The predicted octanol–water partition coefficient (Wildman–Crippen LogP) is 2.49. The number of hydrogen-bond acceptors (Lipinski definition) is 3. The molecule has 0 heterocycles. The number of carbonyl (C=O) groups is 2. The number of nitrogens with one attached hydrogen (secondary N) is 2. The number of urea groups is 1. The zero-order valence-corrected chi connectivity index (χ0v) is 11.7. The molecule has 5 nitrogen and oxygen atoms in total. The van der Waals surface area contributed by atoms with E-state index in [-0.39, 0.29) is 0 Å². The van der Waals surface area contributed by atoms with Crippen molar-refractivity contribution in [1.29, 1.82) is 0 Å². The molecule has 0 aliphatic rings. The van der Waals surface area contributed by atoms with Crippen LogP contribution in [0.3, 0.4) is 0 Å². The molecule has 2 N–H and O–H groups in total. The van der Waals surface area contributed by atoms with Crippen LogP contribution in [0.2, 0.25) is 0 Å². The lowest BCUT2D eigenvalue weighted by Gasteiger charge is -2.13. The molecular weight excluding hydrogens is 244 g/mol. The zero-order valence-electron chi connectivity index (χ0n) is 11.7. The Labute approximate surface area is 113 Å². The maximum Gasteiger partial charge on any atom is 0.328 e. The zero-order chi connectivity index (χ0) is 14.4. The van der Waals surface area contributed by atoms with Gasteiger partial charge in [0.2, 0.25) is 0 Å². The summed E-state index contributed by atoms with van der Waals surface area (Å²) < 4.78 is 4.52. The lowest BCUT2D eigenvalue weighted by atomic mass is 10.0. The van der Waals surface area contributed by atoms with E-state index in [1.165, 1.54) is 12.7 Å². The molecule has 0 fully saturated rings. The second-order valence-electron chi connectivity index (χ2n) is 4.62. The van der Waals surface area contributed by atoms with Crippen LogP contribution in [0.5, 0.6) is 0 Å². The summed E-state index contributed by atoms with van der Waals surface area (Å²) in [5, 5.41) is 5.15. The smallest absolute Gasteiger partial charge is 0.328 e. The first kappa shape index (κ1) is 15.0. The van der Waals surface area contributed by atoms with Crippen LogP contribution in [0.1, 0.15) is 32.3 Å². The molecule has 1 aromatic rings. The summed E-state index contributed by atoms with van der Waals surface area (Å²) in [7, 11) is 1.28. The Balaban J connectivity index is 2.55. The van der Waals surface area contributed by atoms with Crippen LogP contribution < -0.4 is 10.6 Å². The van der Waals surface area contributed by atoms with Crippen LogP contribution in [0.25, 0.3) is 0 Å². The first-order valence-corrected chi connectivity index (χ1v) is 6.19. The van der Waals surface area contributed by atoms with Gasteiger partial charge in [-0.3, -0.25) is 0 Å². The molecule has 0 radical (unpaired) electrons. The molecule has 5 heteroatoms. The number of methoxy groups -OCH3 is 1. The lowest BCUT2D eigenvalue weighted by molar-refractivity contribution is -0.142. The van der Waals surface area contributed by atoms with Crippen molar-refractivity contribution in [2.75, 3.05) is 12.4 Å². The van der Waals surface area contributed by atoms with Crippen molar-refractivity contribution in [3.63, 3.8) is 0 Å². The Hall–Kier alpha value is -2.04. The van der Waals surface area contributed by atoms with Crippen LogP contribution in [-0.2, 0) is 9.53 Å². The third-order valence-electron chi connectivity index (χ3n) is 2.74. The Morgan fingerprint density at radius 1 is 1.11 bits per heavy atom. The van der Waals surface area contributed by atoms with E-state index in [0.717, 1.165) is 0 Å². The highest BCUT2D eigenvalue weighted by Gasteiger charge is 2.15. The van der Waals surface area contributed by atoms with E-state index >= 15 is 0 Å². The van der Waals surface area contributed by atoms with E-state index in [9.17, 15) is 9.59 Å². The average molecular weight is 264 g/mol. The topological polar surface area (TPSA) is 67.4 Å². The molecule has 19 heavy (non-hydrogen) atoms. The van der Waals surface area contributed by atoms with Crippen LogP contribution in [-0.4, -0.2) is 25.2 Å². The van der Waals surface area contributed by atoms with Crippen molar-refractivity contribution in [3.05, 3.63) is 29.8 Å². The number of esters is 1. The predicted molar refractivity (Wildman–Crippen MR) is 74.2 cm³/mol. The maximum absolute atomic E-state index is 11.6. The van der Waals surface area contributed by atoms with E-state index in [1.807, 2.05) is 24.3 Å². The van der Waals surface area contributed by atoms with Gasteiger partial charge in [0, 0.05) is 5.69 Å². The van der Waals surface area contributed by atoms with Gasteiger partial charge in [0.15, 0.2) is 0 Å². The van der Waals surface area contributed by atoms with Crippen LogP contribution >= 0.6 is 0 Å². The van der Waals surface area contributed by atoms with Gasteiger partial charge >= 0.3 is 12.0 Å². The molecule has 0 spiro atoms. The van der Waals surface area contributed by atoms with Crippen molar-refractivity contribution in [2.45, 2.75) is 32.7 Å². The van der Waals surface area contributed by atoms with E-state index in [2.05, 4.69) is 29.2 Å².